The van der Waals surface area contributed by atoms with Gasteiger partial charge >= 0.3 is 0 Å². The average molecular weight is 165 g/mol. The third kappa shape index (κ3) is 1.14. The Labute approximate surface area is 72.4 Å². The number of nitrogens with zero attached hydrogens (tertiary/aromatic N) is 1. The van der Waals surface area contributed by atoms with Gasteiger partial charge in [-0.2, -0.15) is 0 Å². The van der Waals surface area contributed by atoms with Gasteiger partial charge in [0.1, 0.15) is 5.82 Å². The molecular weight excluding hydrogens is 150 g/mol. The molecule has 3 heteroatoms. The van der Waals surface area contributed by atoms with Crippen molar-refractivity contribution in [3.63, 3.8) is 0 Å². The van der Waals surface area contributed by atoms with Gasteiger partial charge in [-0.05, 0) is 18.8 Å². The summed E-state index contributed by atoms with van der Waals surface area (Å²) in [6.45, 7) is 4.29. The smallest absolute Gasteiger partial charge is 0.126 e. The van der Waals surface area contributed by atoms with Crippen molar-refractivity contribution >= 4 is 0 Å². The van der Waals surface area contributed by atoms with Gasteiger partial charge in [-0.3, -0.25) is 0 Å². The summed E-state index contributed by atoms with van der Waals surface area (Å²) < 4.78 is 0. The average Bonchev–Trinajstić information content (AvgIpc) is 2.61. The quantitative estimate of drug-likeness (QED) is 0.697. The topological polar surface area (TPSA) is 54.7 Å². The SMILES string of the molecule is CC(C)c1cnc(C2(N)CC2)[nH]1. The second-order valence-corrected chi connectivity index (χ2v) is 4.00. The summed E-state index contributed by atoms with van der Waals surface area (Å²) in [6.07, 6.45) is 4.03. The first-order valence-electron chi connectivity index (χ1n) is 4.46. The van der Waals surface area contributed by atoms with Crippen LogP contribution < -0.4 is 5.73 Å². The minimum Gasteiger partial charge on any atom is -0.344 e. The molecule has 0 atom stereocenters. The van der Waals surface area contributed by atoms with E-state index in [0.717, 1.165) is 18.7 Å². The molecule has 1 aliphatic rings. The first-order chi connectivity index (χ1) is 5.62. The van der Waals surface area contributed by atoms with Crippen molar-refractivity contribution in [3.05, 3.63) is 17.7 Å². The number of nitrogens with two attached hydrogens (primary N) is 1. The highest BCUT2D eigenvalue weighted by atomic mass is 15.0. The minimum atomic E-state index is -0.118. The maximum absolute atomic E-state index is 5.99. The highest BCUT2D eigenvalue weighted by Crippen LogP contribution is 2.41. The third-order valence-electron chi connectivity index (χ3n) is 2.48. The van der Waals surface area contributed by atoms with Crippen molar-refractivity contribution < 1.29 is 0 Å². The largest absolute Gasteiger partial charge is 0.344 e. The minimum absolute atomic E-state index is 0.118. The zero-order valence-corrected chi connectivity index (χ0v) is 7.59. The lowest BCUT2D eigenvalue weighted by Gasteiger charge is -2.03. The summed E-state index contributed by atoms with van der Waals surface area (Å²) in [5.74, 6) is 1.47. The molecule has 1 aliphatic carbocycles. The molecule has 3 N–H and O–H groups in total. The molecule has 0 amide bonds. The molecule has 1 heterocycles. The number of imidazole rings is 1. The van der Waals surface area contributed by atoms with Gasteiger partial charge in [0.15, 0.2) is 0 Å². The van der Waals surface area contributed by atoms with Crippen molar-refractivity contribution in [1.82, 2.24) is 9.97 Å². The summed E-state index contributed by atoms with van der Waals surface area (Å²) in [5.41, 5.74) is 7.05. The molecule has 0 aromatic carbocycles. The molecule has 0 spiro atoms. The predicted molar refractivity (Wildman–Crippen MR) is 47.8 cm³/mol. The van der Waals surface area contributed by atoms with E-state index in [9.17, 15) is 0 Å². The van der Waals surface area contributed by atoms with E-state index in [0.29, 0.717) is 5.92 Å². The Bertz CT molecular complexity index is 284. The summed E-state index contributed by atoms with van der Waals surface area (Å²) in [4.78, 5) is 7.57. The van der Waals surface area contributed by atoms with E-state index in [4.69, 9.17) is 5.73 Å². The fraction of sp³-hybridized carbons (Fsp3) is 0.667. The van der Waals surface area contributed by atoms with Crippen LogP contribution in [0.5, 0.6) is 0 Å². The van der Waals surface area contributed by atoms with E-state index in [1.54, 1.807) is 0 Å². The number of hydrogen-bond acceptors (Lipinski definition) is 2. The van der Waals surface area contributed by atoms with Crippen molar-refractivity contribution in [3.8, 4) is 0 Å². The Morgan fingerprint density at radius 3 is 2.67 bits per heavy atom. The fourth-order valence-electron chi connectivity index (χ4n) is 1.25. The van der Waals surface area contributed by atoms with Gasteiger partial charge in [0.25, 0.3) is 0 Å². The number of nitrogens with one attached hydrogen (secondary N) is 1. The number of aromatic amines is 1. The Morgan fingerprint density at radius 2 is 2.25 bits per heavy atom. The number of rotatable bonds is 2. The molecule has 0 saturated heterocycles. The van der Waals surface area contributed by atoms with Gasteiger partial charge in [0.05, 0.1) is 5.54 Å². The summed E-state index contributed by atoms with van der Waals surface area (Å²) in [6, 6.07) is 0. The molecule has 3 nitrogen and oxygen atoms in total. The Hall–Kier alpha value is -0.830. The second kappa shape index (κ2) is 2.33. The first kappa shape index (κ1) is 7.80. The Kier molecular flexibility index (Phi) is 1.51. The zero-order chi connectivity index (χ0) is 8.77. The van der Waals surface area contributed by atoms with Gasteiger partial charge in [-0.1, -0.05) is 13.8 Å². The van der Waals surface area contributed by atoms with E-state index in [-0.39, 0.29) is 5.54 Å². The molecular formula is C9H15N3. The summed E-state index contributed by atoms with van der Waals surface area (Å²) in [7, 11) is 0. The van der Waals surface area contributed by atoms with Crippen LogP contribution in [0.15, 0.2) is 6.20 Å². The first-order valence-corrected chi connectivity index (χ1v) is 4.46. The van der Waals surface area contributed by atoms with Crippen LogP contribution in [0.3, 0.4) is 0 Å². The van der Waals surface area contributed by atoms with Crippen LogP contribution in [0.4, 0.5) is 0 Å². The van der Waals surface area contributed by atoms with E-state index >= 15 is 0 Å². The highest BCUT2D eigenvalue weighted by Gasteiger charge is 2.42. The van der Waals surface area contributed by atoms with E-state index in [1.807, 2.05) is 6.20 Å². The molecule has 0 bridgehead atoms. The van der Waals surface area contributed by atoms with Crippen LogP contribution in [0, 0.1) is 0 Å². The molecule has 66 valence electrons. The monoisotopic (exact) mass is 165 g/mol. The lowest BCUT2D eigenvalue weighted by molar-refractivity contribution is 0.678. The van der Waals surface area contributed by atoms with Crippen LogP contribution in [0.1, 0.15) is 44.1 Å². The van der Waals surface area contributed by atoms with Crippen LogP contribution in [-0.2, 0) is 5.54 Å². The highest BCUT2D eigenvalue weighted by molar-refractivity contribution is 5.18. The van der Waals surface area contributed by atoms with Crippen LogP contribution in [0.2, 0.25) is 0 Å². The normalized spacial score (nSPS) is 20.0. The Morgan fingerprint density at radius 1 is 1.58 bits per heavy atom. The predicted octanol–water partition coefficient (Wildman–Crippen LogP) is 1.48. The maximum atomic E-state index is 5.99. The number of hydrogen-bond donors (Lipinski definition) is 2. The molecule has 0 unspecified atom stereocenters. The molecule has 1 aromatic rings. The van der Waals surface area contributed by atoms with Crippen LogP contribution in [0.25, 0.3) is 0 Å². The van der Waals surface area contributed by atoms with Crippen LogP contribution >= 0.6 is 0 Å². The standard InChI is InChI=1S/C9H15N3/c1-6(2)7-5-11-8(12-7)9(10)3-4-9/h5-6H,3-4,10H2,1-2H3,(H,11,12). The van der Waals surface area contributed by atoms with Gasteiger partial charge < -0.3 is 10.7 Å². The lowest BCUT2D eigenvalue weighted by Crippen LogP contribution is -2.20. The summed E-state index contributed by atoms with van der Waals surface area (Å²) in [5, 5.41) is 0. The van der Waals surface area contributed by atoms with Gasteiger partial charge in [0.2, 0.25) is 0 Å². The lowest BCUT2D eigenvalue weighted by atomic mass is 10.2. The van der Waals surface area contributed by atoms with E-state index < -0.39 is 0 Å². The second-order valence-electron chi connectivity index (χ2n) is 4.00. The fourth-order valence-corrected chi connectivity index (χ4v) is 1.25. The number of H-pyrrole nitrogens is 1. The van der Waals surface area contributed by atoms with Crippen molar-refractivity contribution in [2.75, 3.05) is 0 Å². The van der Waals surface area contributed by atoms with Crippen molar-refractivity contribution in [2.24, 2.45) is 5.73 Å². The van der Waals surface area contributed by atoms with Crippen molar-refractivity contribution in [1.29, 1.82) is 0 Å². The molecule has 12 heavy (non-hydrogen) atoms. The molecule has 1 fully saturated rings. The third-order valence-corrected chi connectivity index (χ3v) is 2.48. The molecule has 2 rings (SSSR count). The molecule has 0 aliphatic heterocycles. The van der Waals surface area contributed by atoms with Gasteiger partial charge in [-0.15, -0.1) is 0 Å². The molecule has 1 saturated carbocycles. The Balaban J connectivity index is 2.25. The van der Waals surface area contributed by atoms with Gasteiger partial charge in [-0.25, -0.2) is 4.98 Å². The van der Waals surface area contributed by atoms with E-state index in [1.165, 1.54) is 5.69 Å². The van der Waals surface area contributed by atoms with Crippen molar-refractivity contribution in [2.45, 2.75) is 38.1 Å². The van der Waals surface area contributed by atoms with Crippen LogP contribution in [-0.4, -0.2) is 9.97 Å². The summed E-state index contributed by atoms with van der Waals surface area (Å²) >= 11 is 0. The molecule has 1 aromatic heterocycles. The molecule has 0 radical (unpaired) electrons. The zero-order valence-electron chi connectivity index (χ0n) is 7.59. The van der Waals surface area contributed by atoms with E-state index in [2.05, 4.69) is 23.8 Å². The maximum Gasteiger partial charge on any atom is 0.126 e. The van der Waals surface area contributed by atoms with Gasteiger partial charge in [0, 0.05) is 11.9 Å². The number of aromatic nitrogens is 2.